The molecule has 96 valence electrons. The zero-order valence-corrected chi connectivity index (χ0v) is 11.2. The number of rotatable bonds is 3. The van der Waals surface area contributed by atoms with Gasteiger partial charge < -0.3 is 9.84 Å². The Kier molecular flexibility index (Phi) is 3.19. The largest absolute Gasteiger partial charge is 0.496 e. The van der Waals surface area contributed by atoms with E-state index in [-0.39, 0.29) is 0 Å². The predicted molar refractivity (Wildman–Crippen MR) is 76.7 cm³/mol. The molecule has 0 saturated carbocycles. The Morgan fingerprint density at radius 2 is 2.16 bits per heavy atom. The van der Waals surface area contributed by atoms with Gasteiger partial charge in [-0.25, -0.2) is 0 Å². The fourth-order valence-corrected chi connectivity index (χ4v) is 2.87. The minimum atomic E-state index is -0.639. The van der Waals surface area contributed by atoms with Crippen molar-refractivity contribution in [3.8, 4) is 5.75 Å². The number of hydrogen-bond acceptors (Lipinski definition) is 4. The second-order valence-electron chi connectivity index (χ2n) is 4.25. The third-order valence-corrected chi connectivity index (χ3v) is 4.01. The molecule has 0 saturated heterocycles. The van der Waals surface area contributed by atoms with Gasteiger partial charge in [-0.15, -0.1) is 11.3 Å². The van der Waals surface area contributed by atoms with Crippen LogP contribution in [0.25, 0.3) is 10.9 Å². The average molecular weight is 271 g/mol. The lowest BCUT2D eigenvalue weighted by molar-refractivity contribution is 0.224. The number of aromatic nitrogens is 1. The molecule has 4 heteroatoms. The second-order valence-corrected chi connectivity index (χ2v) is 5.19. The van der Waals surface area contributed by atoms with Gasteiger partial charge in [0.1, 0.15) is 11.9 Å². The molecule has 1 N–H and O–H groups in total. The predicted octanol–water partition coefficient (Wildman–Crippen LogP) is 3.39. The Hall–Kier alpha value is -1.91. The van der Waals surface area contributed by atoms with Gasteiger partial charge in [0.2, 0.25) is 0 Å². The van der Waals surface area contributed by atoms with Crippen LogP contribution in [-0.4, -0.2) is 17.2 Å². The molecule has 1 unspecified atom stereocenters. The molecule has 3 nitrogen and oxygen atoms in total. The number of thiophene rings is 1. The minimum absolute atomic E-state index is 0.639. The van der Waals surface area contributed by atoms with E-state index in [2.05, 4.69) is 4.98 Å². The summed E-state index contributed by atoms with van der Waals surface area (Å²) in [5.74, 6) is 0.776. The lowest BCUT2D eigenvalue weighted by atomic mass is 10.1. The monoisotopic (exact) mass is 271 g/mol. The van der Waals surface area contributed by atoms with E-state index >= 15 is 0 Å². The number of nitrogens with zero attached hydrogens (tertiary/aromatic N) is 1. The third-order valence-electron chi connectivity index (χ3n) is 3.05. The second kappa shape index (κ2) is 4.99. The van der Waals surface area contributed by atoms with E-state index in [4.69, 9.17) is 4.74 Å². The molecule has 1 atom stereocenters. The lowest BCUT2D eigenvalue weighted by Gasteiger charge is -2.09. The van der Waals surface area contributed by atoms with Gasteiger partial charge in [-0.05, 0) is 23.8 Å². The van der Waals surface area contributed by atoms with Crippen LogP contribution in [0.5, 0.6) is 5.75 Å². The summed E-state index contributed by atoms with van der Waals surface area (Å²) in [5, 5.41) is 13.3. The molecule has 0 bridgehead atoms. The van der Waals surface area contributed by atoms with E-state index in [1.54, 1.807) is 13.3 Å². The Morgan fingerprint density at radius 3 is 2.95 bits per heavy atom. The molecule has 0 aliphatic rings. The first-order valence-electron chi connectivity index (χ1n) is 5.93. The van der Waals surface area contributed by atoms with Crippen LogP contribution >= 0.6 is 11.3 Å². The molecule has 0 fully saturated rings. The third kappa shape index (κ3) is 2.32. The molecular weight excluding hydrogens is 258 g/mol. The van der Waals surface area contributed by atoms with Crippen LogP contribution in [-0.2, 0) is 0 Å². The molecule has 19 heavy (non-hydrogen) atoms. The van der Waals surface area contributed by atoms with Crippen molar-refractivity contribution >= 4 is 22.2 Å². The van der Waals surface area contributed by atoms with Crippen LogP contribution in [0.15, 0.2) is 48.0 Å². The van der Waals surface area contributed by atoms with Gasteiger partial charge in [-0.1, -0.05) is 18.2 Å². The molecule has 3 rings (SSSR count). The van der Waals surface area contributed by atoms with Crippen LogP contribution < -0.4 is 4.74 Å². The van der Waals surface area contributed by atoms with Gasteiger partial charge >= 0.3 is 0 Å². The van der Waals surface area contributed by atoms with Crippen molar-refractivity contribution in [3.63, 3.8) is 0 Å². The SMILES string of the molecule is COc1csc(C(O)c2ccc3cccnc3c2)c1. The number of aliphatic hydroxyl groups excluding tert-OH is 1. The van der Waals surface area contributed by atoms with Crippen LogP contribution in [0.1, 0.15) is 16.5 Å². The first kappa shape index (κ1) is 12.1. The van der Waals surface area contributed by atoms with E-state index in [1.165, 1.54) is 11.3 Å². The number of hydrogen-bond donors (Lipinski definition) is 1. The number of pyridine rings is 1. The Morgan fingerprint density at radius 1 is 1.26 bits per heavy atom. The summed E-state index contributed by atoms with van der Waals surface area (Å²) in [7, 11) is 1.62. The molecule has 2 aromatic heterocycles. The van der Waals surface area contributed by atoms with Crippen LogP contribution in [0.2, 0.25) is 0 Å². The number of methoxy groups -OCH3 is 1. The highest BCUT2D eigenvalue weighted by molar-refractivity contribution is 7.10. The standard InChI is InChI=1S/C15H13NO2S/c1-18-12-8-14(19-9-12)15(17)11-5-4-10-3-2-6-16-13(10)7-11/h2-9,15,17H,1H3. The van der Waals surface area contributed by atoms with E-state index in [1.807, 2.05) is 41.8 Å². The summed E-state index contributed by atoms with van der Waals surface area (Å²) >= 11 is 1.49. The maximum Gasteiger partial charge on any atom is 0.129 e. The van der Waals surface area contributed by atoms with E-state index in [0.29, 0.717) is 0 Å². The van der Waals surface area contributed by atoms with Crippen molar-refractivity contribution in [3.05, 3.63) is 58.4 Å². The Bertz CT molecular complexity index is 708. The molecule has 0 aliphatic carbocycles. The zero-order valence-electron chi connectivity index (χ0n) is 10.4. The summed E-state index contributed by atoms with van der Waals surface area (Å²) in [6.07, 6.45) is 1.12. The zero-order chi connectivity index (χ0) is 13.2. The van der Waals surface area contributed by atoms with Crippen molar-refractivity contribution in [2.24, 2.45) is 0 Å². The van der Waals surface area contributed by atoms with E-state index < -0.39 is 6.10 Å². The number of aliphatic hydroxyl groups is 1. The topological polar surface area (TPSA) is 42.4 Å². The summed E-state index contributed by atoms with van der Waals surface area (Å²) in [6.45, 7) is 0. The fraction of sp³-hybridized carbons (Fsp3) is 0.133. The highest BCUT2D eigenvalue weighted by Crippen LogP contribution is 2.31. The molecule has 0 amide bonds. The van der Waals surface area contributed by atoms with Crippen molar-refractivity contribution in [1.82, 2.24) is 4.98 Å². The van der Waals surface area contributed by atoms with Crippen molar-refractivity contribution in [2.45, 2.75) is 6.10 Å². The molecule has 3 aromatic rings. The molecule has 0 aliphatic heterocycles. The highest BCUT2D eigenvalue weighted by atomic mass is 32.1. The maximum atomic E-state index is 10.4. The van der Waals surface area contributed by atoms with E-state index in [0.717, 1.165) is 27.1 Å². The van der Waals surface area contributed by atoms with Crippen LogP contribution in [0.3, 0.4) is 0 Å². The summed E-state index contributed by atoms with van der Waals surface area (Å²) < 4.78 is 5.14. The van der Waals surface area contributed by atoms with Gasteiger partial charge in [0.05, 0.1) is 12.6 Å². The first-order valence-corrected chi connectivity index (χ1v) is 6.81. The van der Waals surface area contributed by atoms with Gasteiger partial charge in [-0.3, -0.25) is 4.98 Å². The summed E-state index contributed by atoms with van der Waals surface area (Å²) in [6, 6.07) is 11.6. The average Bonchev–Trinajstić information content (AvgIpc) is 2.95. The normalized spacial score (nSPS) is 12.5. The number of fused-ring (bicyclic) bond motifs is 1. The molecule has 2 heterocycles. The van der Waals surface area contributed by atoms with Gasteiger partial charge in [0, 0.05) is 21.8 Å². The number of ether oxygens (including phenoxy) is 1. The Labute approximate surface area is 115 Å². The Balaban J connectivity index is 1.98. The molecule has 1 aromatic carbocycles. The first-order chi connectivity index (χ1) is 9.28. The smallest absolute Gasteiger partial charge is 0.129 e. The van der Waals surface area contributed by atoms with Crippen molar-refractivity contribution < 1.29 is 9.84 Å². The van der Waals surface area contributed by atoms with Crippen molar-refractivity contribution in [2.75, 3.05) is 7.11 Å². The highest BCUT2D eigenvalue weighted by Gasteiger charge is 2.14. The van der Waals surface area contributed by atoms with Crippen LogP contribution in [0.4, 0.5) is 0 Å². The molecular formula is C15H13NO2S. The van der Waals surface area contributed by atoms with Gasteiger partial charge in [0.15, 0.2) is 0 Å². The maximum absolute atomic E-state index is 10.4. The lowest BCUT2D eigenvalue weighted by Crippen LogP contribution is -1.97. The quantitative estimate of drug-likeness (QED) is 0.794. The molecule has 0 spiro atoms. The minimum Gasteiger partial charge on any atom is -0.496 e. The fourth-order valence-electron chi connectivity index (χ4n) is 2.00. The van der Waals surface area contributed by atoms with Crippen LogP contribution in [0, 0.1) is 0 Å². The van der Waals surface area contributed by atoms with Gasteiger partial charge in [-0.2, -0.15) is 0 Å². The molecule has 0 radical (unpaired) electrons. The van der Waals surface area contributed by atoms with E-state index in [9.17, 15) is 5.11 Å². The van der Waals surface area contributed by atoms with Gasteiger partial charge in [0.25, 0.3) is 0 Å². The number of benzene rings is 1. The summed E-state index contributed by atoms with van der Waals surface area (Å²) in [5.41, 5.74) is 1.73. The summed E-state index contributed by atoms with van der Waals surface area (Å²) in [4.78, 5) is 5.17. The van der Waals surface area contributed by atoms with Crippen molar-refractivity contribution in [1.29, 1.82) is 0 Å².